The molecule has 0 aromatic heterocycles. The lowest BCUT2D eigenvalue weighted by Gasteiger charge is -2.23. The number of benzene rings is 2. The summed E-state index contributed by atoms with van der Waals surface area (Å²) in [7, 11) is 0. The minimum Gasteiger partial charge on any atom is -0.410 e. The van der Waals surface area contributed by atoms with Crippen LogP contribution in [0.2, 0.25) is 0 Å². The molecule has 0 saturated heterocycles. The molecule has 0 bridgehead atoms. The van der Waals surface area contributed by atoms with Crippen molar-refractivity contribution in [3.05, 3.63) is 53.1 Å². The van der Waals surface area contributed by atoms with Crippen LogP contribution in [-0.4, -0.2) is 6.09 Å². The van der Waals surface area contributed by atoms with Crippen molar-refractivity contribution in [1.29, 1.82) is 0 Å². The first-order valence-corrected chi connectivity index (χ1v) is 8.56. The third kappa shape index (κ3) is 3.69. The average molecular weight is 363 g/mol. The van der Waals surface area contributed by atoms with Crippen LogP contribution in [0.4, 0.5) is 18.0 Å². The summed E-state index contributed by atoms with van der Waals surface area (Å²) in [5.74, 6) is 0.00596. The van der Waals surface area contributed by atoms with Crippen LogP contribution < -0.4 is 10.5 Å². The fraction of sp³-hybridized carbons (Fsp3) is 0.350. The van der Waals surface area contributed by atoms with E-state index in [9.17, 15) is 18.0 Å². The largest absolute Gasteiger partial charge is 0.416 e. The number of amides is 1. The molecule has 0 heterocycles. The Bertz CT molecular complexity index is 824. The lowest BCUT2D eigenvalue weighted by Crippen LogP contribution is -2.17. The van der Waals surface area contributed by atoms with Crippen LogP contribution in [0.25, 0.3) is 11.1 Å². The Balaban J connectivity index is 2.25. The van der Waals surface area contributed by atoms with E-state index in [1.165, 1.54) is 6.07 Å². The van der Waals surface area contributed by atoms with E-state index in [1.54, 1.807) is 24.3 Å². The molecular formula is C20H20F3NO2. The molecule has 0 radical (unpaired) electrons. The van der Waals surface area contributed by atoms with Gasteiger partial charge in [0.15, 0.2) is 0 Å². The Morgan fingerprint density at radius 1 is 1.12 bits per heavy atom. The van der Waals surface area contributed by atoms with Crippen LogP contribution in [0, 0.1) is 6.92 Å². The summed E-state index contributed by atoms with van der Waals surface area (Å²) in [6.07, 6.45) is -2.17. The molecule has 26 heavy (non-hydrogen) atoms. The summed E-state index contributed by atoms with van der Waals surface area (Å²) < 4.78 is 46.1. The molecule has 0 aliphatic heterocycles. The molecule has 0 atom stereocenters. The number of carbonyl (C=O) groups is 1. The zero-order valence-electron chi connectivity index (χ0n) is 14.4. The first-order valence-electron chi connectivity index (χ1n) is 8.56. The number of aryl methyl sites for hydroxylation is 1. The van der Waals surface area contributed by atoms with Crippen LogP contribution in [0.3, 0.4) is 0 Å². The highest BCUT2D eigenvalue weighted by Gasteiger charge is 2.37. The molecule has 3 nitrogen and oxygen atoms in total. The lowest BCUT2D eigenvalue weighted by atomic mass is 9.85. The number of nitrogens with two attached hydrogens (primary N) is 1. The standard InChI is InChI=1S/C20H20F3NO2/c1-12-9-10-17(26-19(24)25)15(11-12)14-7-4-8-16(20(21,22)23)18(14)13-5-2-3-6-13/h4,7-11,13H,2-3,5-6H2,1H3,(H2,24,25). The van der Waals surface area contributed by atoms with Gasteiger partial charge in [-0.25, -0.2) is 4.79 Å². The molecule has 138 valence electrons. The molecule has 2 aromatic carbocycles. The number of rotatable bonds is 3. The van der Waals surface area contributed by atoms with Gasteiger partial charge >= 0.3 is 12.3 Å². The molecule has 3 rings (SSSR count). The number of halogens is 3. The molecule has 2 N–H and O–H groups in total. The van der Waals surface area contributed by atoms with Gasteiger partial charge in [-0.15, -0.1) is 0 Å². The number of ether oxygens (including phenoxy) is 1. The second kappa shape index (κ2) is 7.02. The van der Waals surface area contributed by atoms with E-state index < -0.39 is 17.8 Å². The number of hydrogen-bond acceptors (Lipinski definition) is 2. The molecule has 0 spiro atoms. The van der Waals surface area contributed by atoms with Gasteiger partial charge in [-0.05, 0) is 55.0 Å². The molecule has 1 aliphatic rings. The van der Waals surface area contributed by atoms with E-state index in [2.05, 4.69) is 0 Å². The van der Waals surface area contributed by atoms with Crippen molar-refractivity contribution in [3.8, 4) is 16.9 Å². The predicted molar refractivity (Wildman–Crippen MR) is 93.0 cm³/mol. The van der Waals surface area contributed by atoms with Gasteiger partial charge in [0.1, 0.15) is 5.75 Å². The maximum absolute atomic E-state index is 13.7. The maximum atomic E-state index is 13.7. The van der Waals surface area contributed by atoms with Crippen molar-refractivity contribution in [1.82, 2.24) is 0 Å². The predicted octanol–water partition coefficient (Wildman–Crippen LogP) is 5.80. The monoisotopic (exact) mass is 363 g/mol. The minimum absolute atomic E-state index is 0.162. The van der Waals surface area contributed by atoms with Crippen LogP contribution in [0.15, 0.2) is 36.4 Å². The molecule has 6 heteroatoms. The SMILES string of the molecule is Cc1ccc(OC(N)=O)c(-c2cccc(C(F)(F)F)c2C2CCCC2)c1. The van der Waals surface area contributed by atoms with Gasteiger partial charge in [0.05, 0.1) is 5.56 Å². The average Bonchev–Trinajstić information content (AvgIpc) is 3.09. The summed E-state index contributed by atoms with van der Waals surface area (Å²) in [6, 6.07) is 9.20. The van der Waals surface area contributed by atoms with E-state index in [0.717, 1.165) is 37.3 Å². The van der Waals surface area contributed by atoms with Crippen molar-refractivity contribution < 1.29 is 22.7 Å². The van der Waals surface area contributed by atoms with Crippen LogP contribution in [0.1, 0.15) is 48.3 Å². The van der Waals surface area contributed by atoms with Crippen LogP contribution >= 0.6 is 0 Å². The molecule has 1 amide bonds. The molecule has 0 unspecified atom stereocenters. The first kappa shape index (κ1) is 18.3. The third-order valence-corrected chi connectivity index (χ3v) is 4.81. The second-order valence-electron chi connectivity index (χ2n) is 6.67. The zero-order valence-corrected chi connectivity index (χ0v) is 14.4. The maximum Gasteiger partial charge on any atom is 0.416 e. The Morgan fingerprint density at radius 2 is 1.81 bits per heavy atom. The molecule has 1 aliphatic carbocycles. The molecule has 1 fully saturated rings. The lowest BCUT2D eigenvalue weighted by molar-refractivity contribution is -0.138. The number of primary amides is 1. The molecular weight excluding hydrogens is 343 g/mol. The van der Waals surface area contributed by atoms with Crippen LogP contribution in [0.5, 0.6) is 5.75 Å². The summed E-state index contributed by atoms with van der Waals surface area (Å²) in [5.41, 5.74) is 6.56. The first-order chi connectivity index (χ1) is 12.3. The van der Waals surface area contributed by atoms with E-state index in [-0.39, 0.29) is 17.2 Å². The zero-order chi connectivity index (χ0) is 18.9. The van der Waals surface area contributed by atoms with Gasteiger partial charge in [0.2, 0.25) is 0 Å². The van der Waals surface area contributed by atoms with Gasteiger partial charge < -0.3 is 10.5 Å². The third-order valence-electron chi connectivity index (χ3n) is 4.81. The van der Waals surface area contributed by atoms with Crippen molar-refractivity contribution in [2.75, 3.05) is 0 Å². The van der Waals surface area contributed by atoms with E-state index in [4.69, 9.17) is 10.5 Å². The van der Waals surface area contributed by atoms with Gasteiger partial charge in [0, 0.05) is 5.56 Å². The fourth-order valence-corrected chi connectivity index (χ4v) is 3.75. The summed E-state index contributed by atoms with van der Waals surface area (Å²) in [4.78, 5) is 11.2. The number of carbonyl (C=O) groups excluding carboxylic acids is 1. The topological polar surface area (TPSA) is 52.3 Å². The van der Waals surface area contributed by atoms with Crippen molar-refractivity contribution in [3.63, 3.8) is 0 Å². The summed E-state index contributed by atoms with van der Waals surface area (Å²) >= 11 is 0. The highest BCUT2D eigenvalue weighted by molar-refractivity contribution is 5.79. The number of hydrogen-bond donors (Lipinski definition) is 1. The van der Waals surface area contributed by atoms with Gasteiger partial charge in [-0.1, -0.05) is 36.6 Å². The van der Waals surface area contributed by atoms with Crippen molar-refractivity contribution in [2.24, 2.45) is 5.73 Å². The molecule has 2 aromatic rings. The highest BCUT2D eigenvalue weighted by Crippen LogP contribution is 2.47. The second-order valence-corrected chi connectivity index (χ2v) is 6.67. The summed E-state index contributed by atoms with van der Waals surface area (Å²) in [6.45, 7) is 1.83. The Hall–Kier alpha value is -2.50. The van der Waals surface area contributed by atoms with Gasteiger partial charge in [-0.3, -0.25) is 0 Å². The van der Waals surface area contributed by atoms with Crippen molar-refractivity contribution >= 4 is 6.09 Å². The van der Waals surface area contributed by atoms with Crippen LogP contribution in [-0.2, 0) is 6.18 Å². The van der Waals surface area contributed by atoms with Gasteiger partial charge in [-0.2, -0.15) is 13.2 Å². The Morgan fingerprint density at radius 3 is 2.42 bits per heavy atom. The Labute approximate surface area is 150 Å². The quantitative estimate of drug-likeness (QED) is 0.750. The fourth-order valence-electron chi connectivity index (χ4n) is 3.75. The minimum atomic E-state index is -4.44. The molecule has 1 saturated carbocycles. The van der Waals surface area contributed by atoms with E-state index in [1.807, 2.05) is 6.92 Å². The van der Waals surface area contributed by atoms with Gasteiger partial charge in [0.25, 0.3) is 0 Å². The number of alkyl halides is 3. The van der Waals surface area contributed by atoms with E-state index in [0.29, 0.717) is 11.1 Å². The summed E-state index contributed by atoms with van der Waals surface area (Å²) in [5, 5.41) is 0. The van der Waals surface area contributed by atoms with E-state index >= 15 is 0 Å². The smallest absolute Gasteiger partial charge is 0.410 e. The highest BCUT2D eigenvalue weighted by atomic mass is 19.4. The van der Waals surface area contributed by atoms with Crippen molar-refractivity contribution in [2.45, 2.75) is 44.7 Å². The Kier molecular flexibility index (Phi) is 4.94. The normalized spacial score (nSPS) is 15.2.